The molecule has 0 unspecified atom stereocenters. The van der Waals surface area contributed by atoms with Gasteiger partial charge >= 0.3 is 5.97 Å². The lowest BCUT2D eigenvalue weighted by atomic mass is 9.52. The zero-order chi connectivity index (χ0) is 14.1. The third-order valence-electron chi connectivity index (χ3n) is 6.00. The van der Waals surface area contributed by atoms with Crippen molar-refractivity contribution in [1.29, 1.82) is 0 Å². The first-order valence-electron chi connectivity index (χ1n) is 7.34. The van der Waals surface area contributed by atoms with Gasteiger partial charge in [0.1, 0.15) is 11.0 Å². The predicted molar refractivity (Wildman–Crippen MR) is 69.3 cm³/mol. The van der Waals surface area contributed by atoms with E-state index in [2.05, 4.69) is 0 Å². The molecule has 0 aromatic heterocycles. The number of carbonyl (C=O) groups excluding carboxylic acids is 1. The summed E-state index contributed by atoms with van der Waals surface area (Å²) in [6.07, 6.45) is 2.98. The van der Waals surface area contributed by atoms with Crippen molar-refractivity contribution < 1.29 is 19.7 Å². The number of ether oxygens (including phenoxy) is 1. The van der Waals surface area contributed by atoms with E-state index in [1.807, 2.05) is 20.8 Å². The molecule has 1 aliphatic heterocycles. The average molecular weight is 268 g/mol. The topological polar surface area (TPSA) is 66.8 Å². The van der Waals surface area contributed by atoms with Gasteiger partial charge in [-0.15, -0.1) is 0 Å². The first kappa shape index (κ1) is 13.4. The number of rotatable bonds is 1. The smallest absolute Gasteiger partial charge is 0.315 e. The van der Waals surface area contributed by atoms with E-state index in [0.29, 0.717) is 12.8 Å². The number of hydrogen-bond acceptors (Lipinski definition) is 4. The highest BCUT2D eigenvalue weighted by atomic mass is 16.6. The van der Waals surface area contributed by atoms with Gasteiger partial charge in [-0.05, 0) is 58.8 Å². The van der Waals surface area contributed by atoms with E-state index in [9.17, 15) is 15.0 Å². The summed E-state index contributed by atoms with van der Waals surface area (Å²) in [6.45, 7) is 5.67. The minimum atomic E-state index is -0.733. The molecule has 1 saturated heterocycles. The standard InChI is InChI=1S/C15H24O4/c1-13(2,18)9-4-7-15-10(8-9)14(3,19-12(15)17)6-5-11(15)16/h9-11,16,18H,4-8H2,1-3H3/t9-,10+,11-,14+,15+/m1/s1. The summed E-state index contributed by atoms with van der Waals surface area (Å²) in [7, 11) is 0. The second kappa shape index (κ2) is 3.73. The van der Waals surface area contributed by atoms with E-state index in [1.54, 1.807) is 0 Å². The molecule has 0 spiro atoms. The minimum Gasteiger partial charge on any atom is -0.459 e. The fourth-order valence-corrected chi connectivity index (χ4v) is 4.70. The lowest BCUT2D eigenvalue weighted by Gasteiger charge is -2.50. The average Bonchev–Trinajstić information content (AvgIpc) is 2.49. The third kappa shape index (κ3) is 1.62. The number of hydrogen-bond donors (Lipinski definition) is 2. The summed E-state index contributed by atoms with van der Waals surface area (Å²) in [5.74, 6) is 0.00497. The fourth-order valence-electron chi connectivity index (χ4n) is 4.70. The minimum absolute atomic E-state index is 0.0430. The van der Waals surface area contributed by atoms with Gasteiger partial charge in [-0.1, -0.05) is 0 Å². The van der Waals surface area contributed by atoms with E-state index < -0.39 is 22.7 Å². The molecule has 3 fully saturated rings. The molecule has 4 heteroatoms. The van der Waals surface area contributed by atoms with Crippen LogP contribution in [-0.4, -0.2) is 33.5 Å². The first-order chi connectivity index (χ1) is 8.70. The Kier molecular flexibility index (Phi) is 2.63. The molecule has 0 radical (unpaired) electrons. The van der Waals surface area contributed by atoms with Crippen LogP contribution in [0.3, 0.4) is 0 Å². The first-order valence-corrected chi connectivity index (χ1v) is 7.34. The molecule has 3 rings (SSSR count). The van der Waals surface area contributed by atoms with E-state index >= 15 is 0 Å². The Hall–Kier alpha value is -0.610. The summed E-state index contributed by atoms with van der Waals surface area (Å²) >= 11 is 0. The highest BCUT2D eigenvalue weighted by Crippen LogP contribution is 2.62. The molecule has 0 amide bonds. The van der Waals surface area contributed by atoms with Gasteiger partial charge in [0.2, 0.25) is 0 Å². The number of esters is 1. The van der Waals surface area contributed by atoms with Crippen molar-refractivity contribution in [3.8, 4) is 0 Å². The molecule has 3 aliphatic rings. The highest BCUT2D eigenvalue weighted by Gasteiger charge is 2.69. The second-order valence-electron chi connectivity index (χ2n) is 7.47. The van der Waals surface area contributed by atoms with E-state index in [-0.39, 0.29) is 17.8 Å². The zero-order valence-corrected chi connectivity index (χ0v) is 12.0. The SMILES string of the molecule is CC(C)(O)[C@@H]1CC[C@@]23C(=O)O[C@@](C)(CC[C@H]2O)[C@@H]3C1. The van der Waals surface area contributed by atoms with Crippen LogP contribution in [0.15, 0.2) is 0 Å². The molecular weight excluding hydrogens is 244 g/mol. The molecule has 2 bridgehead atoms. The molecule has 2 N–H and O–H groups in total. The van der Waals surface area contributed by atoms with Crippen LogP contribution in [0, 0.1) is 17.3 Å². The van der Waals surface area contributed by atoms with Gasteiger partial charge in [0, 0.05) is 5.92 Å². The Labute approximate surface area is 114 Å². The number of carbonyl (C=O) groups is 1. The molecule has 0 aromatic rings. The van der Waals surface area contributed by atoms with Crippen LogP contribution >= 0.6 is 0 Å². The number of aliphatic hydroxyl groups is 2. The maximum absolute atomic E-state index is 12.3. The maximum Gasteiger partial charge on any atom is 0.315 e. The lowest BCUT2D eigenvalue weighted by molar-refractivity contribution is -0.156. The molecule has 1 heterocycles. The molecular formula is C15H24O4. The highest BCUT2D eigenvalue weighted by molar-refractivity contribution is 5.82. The number of aliphatic hydroxyl groups excluding tert-OH is 1. The van der Waals surface area contributed by atoms with Gasteiger partial charge in [0.05, 0.1) is 11.7 Å². The Morgan fingerprint density at radius 1 is 1.32 bits per heavy atom. The summed E-state index contributed by atoms with van der Waals surface area (Å²) in [6, 6.07) is 0. The van der Waals surface area contributed by atoms with E-state index in [0.717, 1.165) is 19.3 Å². The van der Waals surface area contributed by atoms with Gasteiger partial charge in [-0.3, -0.25) is 4.79 Å². The van der Waals surface area contributed by atoms with Crippen molar-refractivity contribution in [3.63, 3.8) is 0 Å². The maximum atomic E-state index is 12.3. The second-order valence-corrected chi connectivity index (χ2v) is 7.47. The summed E-state index contributed by atoms with van der Waals surface area (Å²) < 4.78 is 5.66. The molecule has 4 nitrogen and oxygen atoms in total. The Morgan fingerprint density at radius 2 is 2.00 bits per heavy atom. The fraction of sp³-hybridized carbons (Fsp3) is 0.933. The summed E-state index contributed by atoms with van der Waals surface area (Å²) in [4.78, 5) is 12.3. The van der Waals surface area contributed by atoms with Gasteiger partial charge in [0.25, 0.3) is 0 Å². The summed E-state index contributed by atoms with van der Waals surface area (Å²) in [5.41, 5.74) is -1.88. The van der Waals surface area contributed by atoms with Crippen molar-refractivity contribution in [3.05, 3.63) is 0 Å². The molecule has 2 aliphatic carbocycles. The monoisotopic (exact) mass is 268 g/mol. The Bertz CT molecular complexity index is 413. The van der Waals surface area contributed by atoms with Crippen molar-refractivity contribution in [2.75, 3.05) is 0 Å². The van der Waals surface area contributed by atoms with Crippen LogP contribution in [0.5, 0.6) is 0 Å². The lowest BCUT2D eigenvalue weighted by Crippen LogP contribution is -2.56. The quantitative estimate of drug-likeness (QED) is 0.709. The molecule has 2 saturated carbocycles. The third-order valence-corrected chi connectivity index (χ3v) is 6.00. The van der Waals surface area contributed by atoms with Gasteiger partial charge in [0.15, 0.2) is 0 Å². The zero-order valence-electron chi connectivity index (χ0n) is 12.0. The van der Waals surface area contributed by atoms with Crippen molar-refractivity contribution >= 4 is 5.97 Å². The van der Waals surface area contributed by atoms with Crippen molar-refractivity contribution in [1.82, 2.24) is 0 Å². The van der Waals surface area contributed by atoms with E-state index in [4.69, 9.17) is 4.74 Å². The molecule has 19 heavy (non-hydrogen) atoms. The van der Waals surface area contributed by atoms with Crippen LogP contribution in [0.4, 0.5) is 0 Å². The summed E-state index contributed by atoms with van der Waals surface area (Å²) in [5, 5.41) is 20.6. The van der Waals surface area contributed by atoms with Crippen molar-refractivity contribution in [2.24, 2.45) is 17.3 Å². The van der Waals surface area contributed by atoms with Crippen molar-refractivity contribution in [2.45, 2.75) is 70.2 Å². The van der Waals surface area contributed by atoms with Gasteiger partial charge in [-0.25, -0.2) is 0 Å². The van der Waals surface area contributed by atoms with Gasteiger partial charge in [-0.2, -0.15) is 0 Å². The molecule has 5 atom stereocenters. The van der Waals surface area contributed by atoms with Crippen LogP contribution in [-0.2, 0) is 9.53 Å². The Balaban J connectivity index is 1.98. The van der Waals surface area contributed by atoms with E-state index in [1.165, 1.54) is 0 Å². The van der Waals surface area contributed by atoms with Crippen LogP contribution in [0.25, 0.3) is 0 Å². The van der Waals surface area contributed by atoms with Crippen LogP contribution in [0.1, 0.15) is 52.9 Å². The largest absolute Gasteiger partial charge is 0.459 e. The predicted octanol–water partition coefficient (Wildman–Crippen LogP) is 1.63. The van der Waals surface area contributed by atoms with Crippen LogP contribution in [0.2, 0.25) is 0 Å². The van der Waals surface area contributed by atoms with Crippen LogP contribution < -0.4 is 0 Å². The Morgan fingerprint density at radius 3 is 2.63 bits per heavy atom. The van der Waals surface area contributed by atoms with Gasteiger partial charge < -0.3 is 14.9 Å². The normalized spacial score (nSPS) is 49.7. The molecule has 0 aromatic carbocycles. The molecule has 108 valence electrons.